The first-order valence-corrected chi connectivity index (χ1v) is 10.1. The Hall–Kier alpha value is -0.570. The van der Waals surface area contributed by atoms with Crippen LogP contribution >= 0.6 is 35.6 Å². The molecule has 1 aliphatic carbocycles. The highest BCUT2D eigenvalue weighted by molar-refractivity contribution is 14.0. The molecule has 1 aromatic rings. The Labute approximate surface area is 184 Å². The predicted octanol–water partition coefficient (Wildman–Crippen LogP) is 3.81. The maximum absolute atomic E-state index is 6.10. The second-order valence-corrected chi connectivity index (χ2v) is 7.50. The van der Waals surface area contributed by atoms with E-state index in [0.717, 1.165) is 69.8 Å². The number of benzene rings is 1. The van der Waals surface area contributed by atoms with E-state index in [1.54, 1.807) is 0 Å². The fourth-order valence-corrected chi connectivity index (χ4v) is 3.48. The van der Waals surface area contributed by atoms with Crippen molar-refractivity contribution < 1.29 is 9.47 Å². The molecule has 0 amide bonds. The highest BCUT2D eigenvalue weighted by Crippen LogP contribution is 2.41. The monoisotopic (exact) mass is 507 g/mol. The van der Waals surface area contributed by atoms with E-state index >= 15 is 0 Å². The molecular weight excluding hydrogens is 477 g/mol. The first-order valence-electron chi connectivity index (χ1n) is 9.72. The Morgan fingerprint density at radius 2 is 2.30 bits per heavy atom. The summed E-state index contributed by atoms with van der Waals surface area (Å²) in [5.74, 6) is 2.00. The van der Waals surface area contributed by atoms with Gasteiger partial charge in [-0.3, -0.25) is 4.99 Å². The number of nitrogens with one attached hydrogen (secondary N) is 2. The zero-order valence-electron chi connectivity index (χ0n) is 16.0. The van der Waals surface area contributed by atoms with Gasteiger partial charge in [-0.1, -0.05) is 23.7 Å². The number of guanidine groups is 1. The van der Waals surface area contributed by atoms with Crippen LogP contribution < -0.4 is 10.6 Å². The molecule has 2 fully saturated rings. The average Bonchev–Trinajstić information content (AvgIpc) is 3.20. The number of ether oxygens (including phenoxy) is 2. The van der Waals surface area contributed by atoms with Gasteiger partial charge in [0.25, 0.3) is 0 Å². The minimum atomic E-state index is 0. The zero-order chi connectivity index (χ0) is 18.2. The van der Waals surface area contributed by atoms with E-state index in [-0.39, 0.29) is 24.0 Å². The summed E-state index contributed by atoms with van der Waals surface area (Å²) in [5, 5.41) is 7.67. The quantitative estimate of drug-likeness (QED) is 0.231. The molecule has 152 valence electrons. The van der Waals surface area contributed by atoms with Gasteiger partial charge in [-0.25, -0.2) is 0 Å². The summed E-state index contributed by atoms with van der Waals surface area (Å²) in [6, 6.07) is 8.58. The number of hydrogen-bond acceptors (Lipinski definition) is 3. The molecule has 3 rings (SSSR count). The largest absolute Gasteiger partial charge is 0.381 e. The molecule has 1 heterocycles. The van der Waals surface area contributed by atoms with Crippen LogP contribution in [-0.4, -0.2) is 51.5 Å². The summed E-state index contributed by atoms with van der Waals surface area (Å²) in [6.45, 7) is 7.02. The number of nitrogens with zero attached hydrogens (tertiary/aromatic N) is 1. The fraction of sp³-hybridized carbons (Fsp3) is 0.650. The molecular formula is C20H31ClIN3O2. The highest BCUT2D eigenvalue weighted by atomic mass is 127. The molecule has 1 saturated heterocycles. The van der Waals surface area contributed by atoms with E-state index in [2.05, 4.69) is 34.7 Å². The Balaban J connectivity index is 0.00000261. The molecule has 3 unspecified atom stereocenters. The van der Waals surface area contributed by atoms with Crippen molar-refractivity contribution in [1.29, 1.82) is 0 Å². The molecule has 0 spiro atoms. The van der Waals surface area contributed by atoms with Crippen LogP contribution in [0.2, 0.25) is 5.02 Å². The molecule has 1 aromatic carbocycles. The van der Waals surface area contributed by atoms with Crippen molar-refractivity contribution in [3.63, 3.8) is 0 Å². The minimum Gasteiger partial charge on any atom is -0.381 e. The Morgan fingerprint density at radius 3 is 3.04 bits per heavy atom. The van der Waals surface area contributed by atoms with Crippen molar-refractivity contribution in [2.75, 3.05) is 39.5 Å². The number of rotatable bonds is 9. The van der Waals surface area contributed by atoms with Crippen molar-refractivity contribution in [1.82, 2.24) is 10.6 Å². The smallest absolute Gasteiger partial charge is 0.191 e. The summed E-state index contributed by atoms with van der Waals surface area (Å²) in [4.78, 5) is 4.67. The van der Waals surface area contributed by atoms with E-state index in [1.165, 1.54) is 5.56 Å². The lowest BCUT2D eigenvalue weighted by Gasteiger charge is -2.12. The van der Waals surface area contributed by atoms with Crippen molar-refractivity contribution in [2.45, 2.75) is 38.1 Å². The van der Waals surface area contributed by atoms with E-state index in [1.807, 2.05) is 12.1 Å². The Bertz CT molecular complexity index is 596. The van der Waals surface area contributed by atoms with Crippen LogP contribution in [0.1, 0.15) is 37.7 Å². The lowest BCUT2D eigenvalue weighted by Crippen LogP contribution is -2.39. The second-order valence-electron chi connectivity index (χ2n) is 7.07. The van der Waals surface area contributed by atoms with Gasteiger partial charge in [0, 0.05) is 49.2 Å². The van der Waals surface area contributed by atoms with Gasteiger partial charge < -0.3 is 20.1 Å². The van der Waals surface area contributed by atoms with Crippen molar-refractivity contribution in [2.24, 2.45) is 10.9 Å². The van der Waals surface area contributed by atoms with Gasteiger partial charge in [0.05, 0.1) is 13.2 Å². The highest BCUT2D eigenvalue weighted by Gasteiger charge is 2.39. The first kappa shape index (κ1) is 22.7. The van der Waals surface area contributed by atoms with Crippen molar-refractivity contribution in [3.8, 4) is 0 Å². The molecule has 27 heavy (non-hydrogen) atoms. The van der Waals surface area contributed by atoms with Crippen LogP contribution in [0, 0.1) is 5.92 Å². The number of aliphatic imine (C=N–C) groups is 1. The van der Waals surface area contributed by atoms with Crippen LogP contribution in [0.15, 0.2) is 29.3 Å². The minimum absolute atomic E-state index is 0. The van der Waals surface area contributed by atoms with Gasteiger partial charge in [-0.2, -0.15) is 0 Å². The molecule has 0 radical (unpaired) electrons. The lowest BCUT2D eigenvalue weighted by molar-refractivity contribution is 0.0893. The molecule has 3 atom stereocenters. The molecule has 5 nitrogen and oxygen atoms in total. The summed E-state index contributed by atoms with van der Waals surface area (Å²) in [6.07, 6.45) is 3.19. The van der Waals surface area contributed by atoms with Crippen LogP contribution in [0.4, 0.5) is 0 Å². The maximum Gasteiger partial charge on any atom is 0.191 e. The SMILES string of the molecule is CCNC(=NCCCOCC1CCOC1)NC1CC1c1cccc(Cl)c1.I. The summed E-state index contributed by atoms with van der Waals surface area (Å²) < 4.78 is 11.1. The maximum atomic E-state index is 6.10. The van der Waals surface area contributed by atoms with E-state index < -0.39 is 0 Å². The van der Waals surface area contributed by atoms with Crippen LogP contribution in [0.25, 0.3) is 0 Å². The van der Waals surface area contributed by atoms with E-state index in [0.29, 0.717) is 17.9 Å². The molecule has 2 aliphatic rings. The zero-order valence-corrected chi connectivity index (χ0v) is 19.0. The summed E-state index contributed by atoms with van der Waals surface area (Å²) in [7, 11) is 0. The van der Waals surface area contributed by atoms with Crippen LogP contribution in [0.3, 0.4) is 0 Å². The van der Waals surface area contributed by atoms with Crippen molar-refractivity contribution >= 4 is 41.5 Å². The second kappa shape index (κ2) is 12.1. The topological polar surface area (TPSA) is 54.9 Å². The molecule has 1 saturated carbocycles. The standard InChI is InChI=1S/C20H30ClN3O2.HI/c1-2-22-20(23-8-4-9-25-13-15-7-10-26-14-15)24-19-12-18(19)16-5-3-6-17(21)11-16;/h3,5-6,11,15,18-19H,2,4,7-10,12-14H2,1H3,(H2,22,23,24);1H. The van der Waals surface area contributed by atoms with Gasteiger partial charge in [0.2, 0.25) is 0 Å². The lowest BCUT2D eigenvalue weighted by atomic mass is 10.1. The van der Waals surface area contributed by atoms with E-state index in [9.17, 15) is 0 Å². The third-order valence-electron chi connectivity index (χ3n) is 4.83. The third kappa shape index (κ3) is 7.75. The van der Waals surface area contributed by atoms with Crippen LogP contribution in [-0.2, 0) is 9.47 Å². The Morgan fingerprint density at radius 1 is 1.41 bits per heavy atom. The van der Waals surface area contributed by atoms with Gasteiger partial charge >= 0.3 is 0 Å². The van der Waals surface area contributed by atoms with Gasteiger partial charge in [-0.15, -0.1) is 24.0 Å². The molecule has 1 aliphatic heterocycles. The fourth-order valence-electron chi connectivity index (χ4n) is 3.28. The summed E-state index contributed by atoms with van der Waals surface area (Å²) in [5.41, 5.74) is 1.30. The molecule has 2 N–H and O–H groups in total. The molecule has 7 heteroatoms. The number of halogens is 2. The van der Waals surface area contributed by atoms with E-state index in [4.69, 9.17) is 21.1 Å². The molecule has 0 aromatic heterocycles. The van der Waals surface area contributed by atoms with Gasteiger partial charge in [-0.05, 0) is 43.9 Å². The van der Waals surface area contributed by atoms with Crippen molar-refractivity contribution in [3.05, 3.63) is 34.9 Å². The average molecular weight is 508 g/mol. The normalized spacial score (nSPS) is 24.4. The third-order valence-corrected chi connectivity index (χ3v) is 5.06. The number of hydrogen-bond donors (Lipinski definition) is 2. The predicted molar refractivity (Wildman–Crippen MR) is 121 cm³/mol. The molecule has 0 bridgehead atoms. The Kier molecular flexibility index (Phi) is 10.2. The first-order chi connectivity index (χ1) is 12.8. The van der Waals surface area contributed by atoms with Gasteiger partial charge in [0.15, 0.2) is 5.96 Å². The van der Waals surface area contributed by atoms with Crippen LogP contribution in [0.5, 0.6) is 0 Å². The van der Waals surface area contributed by atoms with Gasteiger partial charge in [0.1, 0.15) is 0 Å². The summed E-state index contributed by atoms with van der Waals surface area (Å²) >= 11 is 6.10.